The summed E-state index contributed by atoms with van der Waals surface area (Å²) >= 11 is -2.60. The number of aryl methyl sites for hydroxylation is 1. The summed E-state index contributed by atoms with van der Waals surface area (Å²) < 4.78 is 44.0. The van der Waals surface area contributed by atoms with Gasteiger partial charge in [0.2, 0.25) is 5.95 Å². The Morgan fingerprint density at radius 1 is 1.23 bits per heavy atom. The zero-order valence-corrected chi connectivity index (χ0v) is 26.7. The minimum atomic E-state index is -2.60. The van der Waals surface area contributed by atoms with Gasteiger partial charge in [-0.1, -0.05) is 31.8 Å². The van der Waals surface area contributed by atoms with Crippen molar-refractivity contribution in [2.45, 2.75) is 56.8 Å². The maximum atomic E-state index is 13.8. The summed E-state index contributed by atoms with van der Waals surface area (Å²) in [5.74, 6) is -0.444. The Kier molecular flexibility index (Phi) is 11.7. The molecule has 13 heteroatoms. The van der Waals surface area contributed by atoms with E-state index in [9.17, 15) is 13.2 Å². The Hall–Kier alpha value is -0.473. The van der Waals surface area contributed by atoms with Crippen molar-refractivity contribution >= 4 is 30.8 Å². The molecule has 0 saturated carbocycles. The zero-order valence-electron chi connectivity index (χ0n) is 20.9. The summed E-state index contributed by atoms with van der Waals surface area (Å²) in [5.41, 5.74) is 4.26. The molecule has 3 aromatic rings. The number of fused-ring (bicyclic) bond motifs is 1. The van der Waals surface area contributed by atoms with Gasteiger partial charge in [-0.2, -0.15) is 4.39 Å². The summed E-state index contributed by atoms with van der Waals surface area (Å²) in [6.07, 6.45) is 4.17. The number of hydrogen-bond acceptors (Lipinski definition) is 6. The molecule has 0 radical (unpaired) electrons. The molecule has 0 aliphatic heterocycles. The van der Waals surface area contributed by atoms with Crippen LogP contribution in [0.3, 0.4) is 0 Å². The average molecular weight is 534 g/mol. The van der Waals surface area contributed by atoms with Crippen molar-refractivity contribution in [3.8, 4) is 11.1 Å². The number of rotatable bonds is 9. The van der Waals surface area contributed by atoms with Gasteiger partial charge in [-0.05, 0) is 53.6 Å². The van der Waals surface area contributed by atoms with Crippen LogP contribution in [0.4, 0.5) is 16.0 Å². The van der Waals surface area contributed by atoms with Gasteiger partial charge in [0.1, 0.15) is 5.16 Å². The number of benzene rings is 1. The van der Waals surface area contributed by atoms with Gasteiger partial charge in [-0.25, -0.2) is 10.1 Å². The van der Waals surface area contributed by atoms with Crippen LogP contribution in [0, 0.1) is 5.95 Å². The van der Waals surface area contributed by atoms with Gasteiger partial charge in [0.15, 0.2) is 0 Å². The molecule has 1 aromatic carbocycles. The first-order chi connectivity index (χ1) is 15.7. The van der Waals surface area contributed by atoms with Crippen LogP contribution in [0.1, 0.15) is 17.5 Å². The third kappa shape index (κ3) is 8.00. The van der Waals surface area contributed by atoms with E-state index in [0.717, 1.165) is 36.4 Å². The fraction of sp³-hybridized carbons (Fsp3) is 0.409. The standard InChI is InChI=1S/C22H27FN5O3SSi.2Na/c1-33(2,3)12-11-31-14-28-21(26-22(27-28)32(29)30)25-20-17-6-4-5-15(17)7-8-18(20)16-9-10-24-19(23)13-16;;/h7-10,13H,4-6,11-12,14H2,1-3H3,(H-,25,26,27,29,30);;/q-1;2*+1/p-1. The van der Waals surface area contributed by atoms with E-state index < -0.39 is 25.1 Å². The second-order valence-electron chi connectivity index (χ2n) is 9.21. The van der Waals surface area contributed by atoms with Crippen molar-refractivity contribution in [1.82, 2.24) is 19.7 Å². The molecule has 2 aromatic heterocycles. The van der Waals surface area contributed by atoms with Gasteiger partial charge in [0.05, 0.1) is 6.73 Å². The molecule has 0 bridgehead atoms. The minimum absolute atomic E-state index is 0. The number of pyridine rings is 1. The monoisotopic (exact) mass is 533 g/mol. The third-order valence-corrected chi connectivity index (χ3v) is 7.67. The smallest absolute Gasteiger partial charge is 0.767 e. The Morgan fingerprint density at radius 2 is 2.00 bits per heavy atom. The summed E-state index contributed by atoms with van der Waals surface area (Å²) in [6.45, 7) is 7.36. The predicted octanol–water partition coefficient (Wildman–Crippen LogP) is -1.14. The minimum Gasteiger partial charge on any atom is -0.767 e. The molecule has 35 heavy (non-hydrogen) atoms. The van der Waals surface area contributed by atoms with Crippen LogP contribution in [0.5, 0.6) is 0 Å². The molecular formula is C22H26FN5Na2O3SSi. The number of ether oxygens (including phenoxy) is 1. The average Bonchev–Trinajstić information content (AvgIpc) is 3.38. The molecule has 176 valence electrons. The number of nitrogens with zero attached hydrogens (tertiary/aromatic N) is 5. The second-order valence-corrected chi connectivity index (χ2v) is 15.7. The summed E-state index contributed by atoms with van der Waals surface area (Å²) in [5, 5.41) is 8.48. The first-order valence-electron chi connectivity index (χ1n) is 10.8. The van der Waals surface area contributed by atoms with E-state index in [1.165, 1.54) is 22.5 Å². The number of hydrogen-bond donors (Lipinski definition) is 0. The van der Waals surface area contributed by atoms with E-state index >= 15 is 0 Å². The first kappa shape index (κ1) is 30.7. The SMILES string of the molecule is C[Si](C)(C)CCOCn1nc(S(=O)[O-])nc1[N-]c1c(-c2ccnc(F)c2)ccc2c1CCC2.[Na+].[Na+]. The number of halogens is 1. The van der Waals surface area contributed by atoms with Crippen molar-refractivity contribution in [3.05, 3.63) is 52.9 Å². The van der Waals surface area contributed by atoms with Crippen molar-refractivity contribution in [2.24, 2.45) is 0 Å². The van der Waals surface area contributed by atoms with E-state index in [4.69, 9.17) is 10.1 Å². The quantitative estimate of drug-likeness (QED) is 0.149. The van der Waals surface area contributed by atoms with Crippen LogP contribution in [-0.4, -0.2) is 43.2 Å². The summed E-state index contributed by atoms with van der Waals surface area (Å²) in [4.78, 5) is 7.77. The predicted molar refractivity (Wildman–Crippen MR) is 126 cm³/mol. The molecule has 0 N–H and O–H groups in total. The second kappa shape index (κ2) is 13.4. The molecule has 1 aliphatic carbocycles. The summed E-state index contributed by atoms with van der Waals surface area (Å²) in [7, 11) is -1.27. The number of aromatic nitrogens is 4. The molecule has 2 heterocycles. The molecule has 0 saturated heterocycles. The maximum Gasteiger partial charge on any atom is 1.00 e. The van der Waals surface area contributed by atoms with Gasteiger partial charge >= 0.3 is 59.1 Å². The van der Waals surface area contributed by atoms with Crippen LogP contribution < -0.4 is 59.1 Å². The molecule has 0 amide bonds. The van der Waals surface area contributed by atoms with Gasteiger partial charge in [-0.15, -0.1) is 0 Å². The maximum absolute atomic E-state index is 13.8. The molecule has 8 nitrogen and oxygen atoms in total. The molecule has 1 atom stereocenters. The normalized spacial score (nSPS) is 13.5. The van der Waals surface area contributed by atoms with Crippen molar-refractivity contribution in [3.63, 3.8) is 0 Å². The van der Waals surface area contributed by atoms with Crippen LogP contribution in [0.2, 0.25) is 25.7 Å². The fourth-order valence-electron chi connectivity index (χ4n) is 3.76. The molecule has 4 rings (SSSR count). The Morgan fingerprint density at radius 3 is 2.69 bits per heavy atom. The van der Waals surface area contributed by atoms with E-state index in [0.29, 0.717) is 17.9 Å². The summed E-state index contributed by atoms with van der Waals surface area (Å²) in [6, 6.07) is 8.00. The van der Waals surface area contributed by atoms with E-state index in [1.54, 1.807) is 6.07 Å². The molecule has 1 aliphatic rings. The topological polar surface area (TPSA) is 107 Å². The van der Waals surface area contributed by atoms with Gasteiger partial charge in [0, 0.05) is 49.7 Å². The van der Waals surface area contributed by atoms with Crippen molar-refractivity contribution < 1.29 is 77.0 Å². The van der Waals surface area contributed by atoms with Gasteiger partial charge < -0.3 is 24.3 Å². The van der Waals surface area contributed by atoms with Gasteiger partial charge in [0.25, 0.3) is 0 Å². The molecule has 0 spiro atoms. The largest absolute Gasteiger partial charge is 1.00 e. The zero-order chi connectivity index (χ0) is 23.6. The van der Waals surface area contributed by atoms with Crippen LogP contribution in [-0.2, 0) is 35.4 Å². The molecule has 0 fully saturated rings. The van der Waals surface area contributed by atoms with Crippen molar-refractivity contribution in [2.75, 3.05) is 6.61 Å². The Bertz CT molecular complexity index is 1190. The van der Waals surface area contributed by atoms with Crippen LogP contribution in [0.25, 0.3) is 16.4 Å². The van der Waals surface area contributed by atoms with E-state index in [-0.39, 0.29) is 77.0 Å². The van der Waals surface area contributed by atoms with E-state index in [1.807, 2.05) is 12.1 Å². The Balaban J connectivity index is 0.00000216. The van der Waals surface area contributed by atoms with Crippen molar-refractivity contribution in [1.29, 1.82) is 0 Å². The Labute approximate surface area is 252 Å². The fourth-order valence-corrected chi connectivity index (χ4v) is 4.84. The van der Waals surface area contributed by atoms with Crippen LogP contribution >= 0.6 is 0 Å². The van der Waals surface area contributed by atoms with Gasteiger partial charge in [-0.3, -0.25) is 4.21 Å². The molecule has 1 unspecified atom stereocenters. The van der Waals surface area contributed by atoms with Crippen LogP contribution in [0.15, 0.2) is 35.6 Å². The van der Waals surface area contributed by atoms with E-state index in [2.05, 4.69) is 34.7 Å². The molecular weight excluding hydrogens is 507 g/mol. The third-order valence-electron chi connectivity index (χ3n) is 5.49. The first-order valence-corrected chi connectivity index (χ1v) is 15.6.